The molecule has 0 aliphatic rings. The first kappa shape index (κ1) is 19.9. The number of unbranched alkanes of at least 4 members (excludes halogenated alkanes) is 2. The summed E-state index contributed by atoms with van der Waals surface area (Å²) in [5.41, 5.74) is 0.230. The summed E-state index contributed by atoms with van der Waals surface area (Å²) in [4.78, 5) is 24.1. The fraction of sp³-hybridized carbons (Fsp3) is 0.786. The normalized spacial score (nSPS) is 12.3. The predicted octanol–water partition coefficient (Wildman–Crippen LogP) is 3.37. The van der Waals surface area contributed by atoms with Gasteiger partial charge in [-0.3, -0.25) is 9.79 Å². The highest BCUT2D eigenvalue weighted by Gasteiger charge is 2.07. The molecule has 0 heterocycles. The third kappa shape index (κ3) is 14.6. The van der Waals surface area contributed by atoms with Crippen LogP contribution in [0.4, 0.5) is 0 Å². The molecule has 0 radical (unpaired) electrons. The van der Waals surface area contributed by atoms with Crippen molar-refractivity contribution in [1.82, 2.24) is 0 Å². The van der Waals surface area contributed by atoms with Gasteiger partial charge in [-0.25, -0.2) is 4.79 Å². The van der Waals surface area contributed by atoms with Crippen LogP contribution in [0.5, 0.6) is 0 Å². The number of aliphatic carboxylic acids is 2. The summed E-state index contributed by atoms with van der Waals surface area (Å²) >= 11 is 0. The zero-order valence-electron chi connectivity index (χ0n) is 12.5. The molecule has 5 nitrogen and oxygen atoms in total. The van der Waals surface area contributed by atoms with Crippen molar-refractivity contribution in [2.24, 2.45) is 4.99 Å². The van der Waals surface area contributed by atoms with E-state index in [2.05, 4.69) is 18.8 Å². The average molecular weight is 273 g/mol. The van der Waals surface area contributed by atoms with Crippen LogP contribution >= 0.6 is 0 Å². The van der Waals surface area contributed by atoms with Gasteiger partial charge in [0.15, 0.2) is 0 Å². The Labute approximate surface area is 115 Å². The van der Waals surface area contributed by atoms with E-state index in [0.29, 0.717) is 0 Å². The van der Waals surface area contributed by atoms with Gasteiger partial charge in [0.25, 0.3) is 0 Å². The van der Waals surface area contributed by atoms with Crippen molar-refractivity contribution in [3.05, 3.63) is 0 Å². The number of nitrogens with zero attached hydrogens (tertiary/aromatic N) is 1. The lowest BCUT2D eigenvalue weighted by molar-refractivity contribution is -0.136. The molecule has 2 N–H and O–H groups in total. The van der Waals surface area contributed by atoms with Crippen molar-refractivity contribution in [3.8, 4) is 0 Å². The van der Waals surface area contributed by atoms with E-state index in [1.54, 1.807) is 13.8 Å². The zero-order chi connectivity index (χ0) is 15.3. The predicted molar refractivity (Wildman–Crippen MR) is 76.9 cm³/mol. The lowest BCUT2D eigenvalue weighted by Gasteiger charge is -2.09. The van der Waals surface area contributed by atoms with E-state index >= 15 is 0 Å². The molecule has 0 bridgehead atoms. The van der Waals surface area contributed by atoms with Crippen molar-refractivity contribution in [3.63, 3.8) is 0 Å². The Balaban J connectivity index is 0. The molecule has 0 spiro atoms. The Morgan fingerprint density at radius 1 is 1.11 bits per heavy atom. The lowest BCUT2D eigenvalue weighted by atomic mass is 10.1. The SMILES string of the molecule is CCC(=O)O.CCCCCC(CC)N=C(C)C(=O)O. The topological polar surface area (TPSA) is 87.0 Å². The van der Waals surface area contributed by atoms with Crippen LogP contribution in [0.3, 0.4) is 0 Å². The average Bonchev–Trinajstić information content (AvgIpc) is 2.38. The van der Waals surface area contributed by atoms with E-state index in [1.807, 2.05) is 0 Å². The smallest absolute Gasteiger partial charge is 0.349 e. The number of carbonyl (C=O) groups is 2. The van der Waals surface area contributed by atoms with Gasteiger partial charge in [0.2, 0.25) is 0 Å². The van der Waals surface area contributed by atoms with E-state index in [-0.39, 0.29) is 18.2 Å². The highest BCUT2D eigenvalue weighted by atomic mass is 16.4. The van der Waals surface area contributed by atoms with E-state index in [0.717, 1.165) is 19.3 Å². The number of hydrogen-bond acceptors (Lipinski definition) is 3. The van der Waals surface area contributed by atoms with Crippen LogP contribution in [0, 0.1) is 0 Å². The minimum Gasteiger partial charge on any atom is -0.481 e. The van der Waals surface area contributed by atoms with Crippen molar-refractivity contribution in [2.75, 3.05) is 0 Å². The molecule has 0 aromatic carbocycles. The number of rotatable bonds is 8. The monoisotopic (exact) mass is 273 g/mol. The van der Waals surface area contributed by atoms with Crippen LogP contribution in [0.25, 0.3) is 0 Å². The second-order valence-corrected chi connectivity index (χ2v) is 4.32. The van der Waals surface area contributed by atoms with Gasteiger partial charge in [-0.05, 0) is 19.8 Å². The van der Waals surface area contributed by atoms with Crippen molar-refractivity contribution < 1.29 is 19.8 Å². The molecular formula is C14H27NO4. The minimum absolute atomic E-state index is 0.192. The zero-order valence-corrected chi connectivity index (χ0v) is 12.5. The highest BCUT2D eigenvalue weighted by Crippen LogP contribution is 2.10. The van der Waals surface area contributed by atoms with E-state index in [4.69, 9.17) is 10.2 Å². The van der Waals surface area contributed by atoms with Crippen LogP contribution in [0.2, 0.25) is 0 Å². The van der Waals surface area contributed by atoms with Crippen molar-refractivity contribution in [2.45, 2.75) is 72.3 Å². The summed E-state index contributed by atoms with van der Waals surface area (Å²) in [5.74, 6) is -1.65. The third-order valence-corrected chi connectivity index (χ3v) is 2.60. The van der Waals surface area contributed by atoms with Gasteiger partial charge < -0.3 is 10.2 Å². The van der Waals surface area contributed by atoms with Crippen LogP contribution in [-0.2, 0) is 9.59 Å². The van der Waals surface area contributed by atoms with Crippen LogP contribution < -0.4 is 0 Å². The molecule has 0 saturated carbocycles. The first-order valence-corrected chi connectivity index (χ1v) is 6.88. The van der Waals surface area contributed by atoms with E-state index in [9.17, 15) is 9.59 Å². The molecule has 5 heteroatoms. The molecule has 0 fully saturated rings. The Morgan fingerprint density at radius 2 is 1.63 bits per heavy atom. The third-order valence-electron chi connectivity index (χ3n) is 2.60. The first-order valence-electron chi connectivity index (χ1n) is 6.88. The summed E-state index contributed by atoms with van der Waals surface area (Å²) in [7, 11) is 0. The molecule has 19 heavy (non-hydrogen) atoms. The molecule has 112 valence electrons. The standard InChI is InChI=1S/C11H21NO2.C3H6O2/c1-4-6-7-8-10(5-2)12-9(3)11(13)14;1-2-3(4)5/h10H,4-8H2,1-3H3,(H,13,14);2H2,1H3,(H,4,5). The Hall–Kier alpha value is -1.39. The van der Waals surface area contributed by atoms with Crippen LogP contribution in [0.1, 0.15) is 66.2 Å². The summed E-state index contributed by atoms with van der Waals surface area (Å²) in [6, 6.07) is 0.192. The quantitative estimate of drug-likeness (QED) is 0.524. The lowest BCUT2D eigenvalue weighted by Crippen LogP contribution is -2.13. The van der Waals surface area contributed by atoms with E-state index in [1.165, 1.54) is 12.8 Å². The number of carboxylic acid groups (broad SMARTS) is 2. The molecule has 0 saturated heterocycles. The highest BCUT2D eigenvalue weighted by molar-refractivity contribution is 6.34. The molecular weight excluding hydrogens is 246 g/mol. The van der Waals surface area contributed by atoms with Gasteiger partial charge in [0.1, 0.15) is 5.71 Å². The van der Waals surface area contributed by atoms with Gasteiger partial charge >= 0.3 is 11.9 Å². The molecule has 0 aromatic heterocycles. The van der Waals surface area contributed by atoms with Crippen LogP contribution in [0.15, 0.2) is 4.99 Å². The molecule has 1 unspecified atom stereocenters. The molecule has 1 atom stereocenters. The van der Waals surface area contributed by atoms with Crippen molar-refractivity contribution >= 4 is 17.7 Å². The molecule has 0 aliphatic heterocycles. The van der Waals surface area contributed by atoms with Crippen LogP contribution in [-0.4, -0.2) is 33.9 Å². The number of carboxylic acids is 2. The summed E-state index contributed by atoms with van der Waals surface area (Å²) < 4.78 is 0. The van der Waals surface area contributed by atoms with Gasteiger partial charge in [0.05, 0.1) is 6.04 Å². The second-order valence-electron chi connectivity index (χ2n) is 4.32. The largest absolute Gasteiger partial charge is 0.481 e. The first-order chi connectivity index (χ1) is 8.88. The van der Waals surface area contributed by atoms with Gasteiger partial charge in [-0.15, -0.1) is 0 Å². The molecule has 0 rings (SSSR count). The van der Waals surface area contributed by atoms with Crippen molar-refractivity contribution in [1.29, 1.82) is 0 Å². The molecule has 0 aromatic rings. The van der Waals surface area contributed by atoms with Gasteiger partial charge in [0, 0.05) is 6.42 Å². The summed E-state index contributed by atoms with van der Waals surface area (Å²) in [5, 5.41) is 16.4. The Bertz CT molecular complexity index is 287. The van der Waals surface area contributed by atoms with Gasteiger partial charge in [-0.2, -0.15) is 0 Å². The second kappa shape index (κ2) is 13.1. The summed E-state index contributed by atoms with van der Waals surface area (Å²) in [6.07, 6.45) is 5.70. The maximum absolute atomic E-state index is 10.5. The van der Waals surface area contributed by atoms with E-state index < -0.39 is 11.9 Å². The molecule has 0 aliphatic carbocycles. The Morgan fingerprint density at radius 3 is 1.95 bits per heavy atom. The maximum Gasteiger partial charge on any atom is 0.349 e. The van der Waals surface area contributed by atoms with Gasteiger partial charge in [-0.1, -0.05) is 40.0 Å². The minimum atomic E-state index is -0.904. The fourth-order valence-corrected chi connectivity index (χ4v) is 1.32. The number of hydrogen-bond donors (Lipinski definition) is 2. The Kier molecular flexibility index (Phi) is 13.7. The number of aliphatic imine (C=N–C) groups is 1. The molecule has 0 amide bonds. The summed E-state index contributed by atoms with van der Waals surface area (Å²) in [6.45, 7) is 7.37. The maximum atomic E-state index is 10.5. The fourth-order valence-electron chi connectivity index (χ4n) is 1.32.